The third kappa shape index (κ3) is 4.38. The zero-order chi connectivity index (χ0) is 20.2. The Labute approximate surface area is 175 Å². The van der Waals surface area contributed by atoms with Crippen LogP contribution >= 0.6 is 22.9 Å². The minimum atomic E-state index is -0.323. The van der Waals surface area contributed by atoms with E-state index in [2.05, 4.69) is 25.7 Å². The number of anilines is 1. The van der Waals surface area contributed by atoms with Gasteiger partial charge in [0.15, 0.2) is 0 Å². The highest BCUT2D eigenvalue weighted by molar-refractivity contribution is 7.12. The minimum absolute atomic E-state index is 0.0526. The summed E-state index contributed by atoms with van der Waals surface area (Å²) in [6.45, 7) is 2.57. The van der Waals surface area contributed by atoms with Gasteiger partial charge in [-0.1, -0.05) is 17.7 Å². The lowest BCUT2D eigenvalue weighted by atomic mass is 10.2. The van der Waals surface area contributed by atoms with Crippen LogP contribution in [0.5, 0.6) is 0 Å². The SMILES string of the molecule is O=C(NCC(=O)N1CCN(c2cccc(Cl)c2)CC1)c1sccc1-n1cnnn1. The molecule has 0 bridgehead atoms. The Kier molecular flexibility index (Phi) is 5.72. The molecule has 2 amide bonds. The molecule has 0 atom stereocenters. The largest absolute Gasteiger partial charge is 0.368 e. The van der Waals surface area contributed by atoms with Crippen LogP contribution in [0.15, 0.2) is 42.0 Å². The van der Waals surface area contributed by atoms with E-state index >= 15 is 0 Å². The van der Waals surface area contributed by atoms with E-state index in [4.69, 9.17) is 11.6 Å². The molecule has 1 saturated heterocycles. The van der Waals surface area contributed by atoms with Gasteiger partial charge in [-0.3, -0.25) is 9.59 Å². The van der Waals surface area contributed by atoms with Gasteiger partial charge in [-0.2, -0.15) is 4.68 Å². The maximum Gasteiger partial charge on any atom is 0.264 e. The number of carbonyl (C=O) groups is 2. The molecular formula is C18H18ClN7O2S. The Balaban J connectivity index is 1.30. The zero-order valence-electron chi connectivity index (χ0n) is 15.4. The summed E-state index contributed by atoms with van der Waals surface area (Å²) in [5, 5.41) is 16.1. The van der Waals surface area contributed by atoms with Crippen LogP contribution in [-0.4, -0.2) is 69.6 Å². The molecule has 9 nitrogen and oxygen atoms in total. The molecule has 1 aliphatic rings. The number of aromatic nitrogens is 4. The summed E-state index contributed by atoms with van der Waals surface area (Å²) in [5.74, 6) is -0.430. The summed E-state index contributed by atoms with van der Waals surface area (Å²) < 4.78 is 1.42. The molecule has 0 aliphatic carbocycles. The van der Waals surface area contributed by atoms with E-state index in [1.54, 1.807) is 16.3 Å². The molecule has 0 saturated carbocycles. The number of hydrogen-bond donors (Lipinski definition) is 1. The number of benzene rings is 1. The summed E-state index contributed by atoms with van der Waals surface area (Å²) in [7, 11) is 0. The standard InChI is InChI=1S/C18H18ClN7O2S/c19-13-2-1-3-14(10-13)24-5-7-25(8-6-24)16(27)11-20-18(28)17-15(4-9-29-17)26-12-21-22-23-26/h1-4,9-10,12H,5-8,11H2,(H,20,28). The molecule has 0 spiro atoms. The topological polar surface area (TPSA) is 96.2 Å². The minimum Gasteiger partial charge on any atom is -0.368 e. The lowest BCUT2D eigenvalue weighted by molar-refractivity contribution is -0.130. The first kappa shape index (κ1) is 19.3. The van der Waals surface area contributed by atoms with Gasteiger partial charge in [-0.05, 0) is 40.1 Å². The van der Waals surface area contributed by atoms with E-state index < -0.39 is 0 Å². The number of nitrogens with one attached hydrogen (secondary N) is 1. The summed E-state index contributed by atoms with van der Waals surface area (Å²) in [6.07, 6.45) is 1.42. The summed E-state index contributed by atoms with van der Waals surface area (Å²) in [5.41, 5.74) is 1.63. The molecule has 0 radical (unpaired) electrons. The molecule has 1 fully saturated rings. The Morgan fingerprint density at radius 1 is 1.17 bits per heavy atom. The van der Waals surface area contributed by atoms with Gasteiger partial charge in [0.25, 0.3) is 5.91 Å². The summed E-state index contributed by atoms with van der Waals surface area (Å²) in [6, 6.07) is 9.44. The molecular weight excluding hydrogens is 414 g/mol. The van der Waals surface area contributed by atoms with Gasteiger partial charge in [0.1, 0.15) is 11.2 Å². The predicted molar refractivity (Wildman–Crippen MR) is 110 cm³/mol. The van der Waals surface area contributed by atoms with E-state index in [-0.39, 0.29) is 18.4 Å². The van der Waals surface area contributed by atoms with Crippen molar-refractivity contribution in [3.8, 4) is 5.69 Å². The van der Waals surface area contributed by atoms with Gasteiger partial charge in [0.2, 0.25) is 5.91 Å². The van der Waals surface area contributed by atoms with Crippen LogP contribution in [0.3, 0.4) is 0 Å². The molecule has 150 valence electrons. The van der Waals surface area contributed by atoms with E-state index in [0.29, 0.717) is 41.8 Å². The Hall–Kier alpha value is -2.98. The van der Waals surface area contributed by atoms with Crippen LogP contribution < -0.4 is 10.2 Å². The molecule has 4 rings (SSSR count). The first-order chi connectivity index (χ1) is 14.1. The van der Waals surface area contributed by atoms with Gasteiger partial charge < -0.3 is 15.1 Å². The predicted octanol–water partition coefficient (Wildman–Crippen LogP) is 1.46. The van der Waals surface area contributed by atoms with Crippen LogP contribution in [0.1, 0.15) is 9.67 Å². The normalized spacial score (nSPS) is 14.1. The third-order valence-corrected chi connectivity index (χ3v) is 5.79. The van der Waals surface area contributed by atoms with Gasteiger partial charge in [-0.25, -0.2) is 0 Å². The van der Waals surface area contributed by atoms with Gasteiger partial charge in [0.05, 0.1) is 12.2 Å². The quantitative estimate of drug-likeness (QED) is 0.657. The van der Waals surface area contributed by atoms with Gasteiger partial charge >= 0.3 is 0 Å². The van der Waals surface area contributed by atoms with Crippen molar-refractivity contribution in [2.45, 2.75) is 0 Å². The number of carbonyl (C=O) groups excluding carboxylic acids is 2. The summed E-state index contributed by atoms with van der Waals surface area (Å²) in [4.78, 5) is 29.4. The molecule has 29 heavy (non-hydrogen) atoms. The zero-order valence-corrected chi connectivity index (χ0v) is 16.9. The van der Waals surface area contributed by atoms with Crippen LogP contribution in [-0.2, 0) is 4.79 Å². The summed E-state index contributed by atoms with van der Waals surface area (Å²) >= 11 is 7.33. The highest BCUT2D eigenvalue weighted by Gasteiger charge is 2.23. The van der Waals surface area contributed by atoms with Gasteiger partial charge in [0, 0.05) is 36.9 Å². The highest BCUT2D eigenvalue weighted by Crippen LogP contribution is 2.21. The van der Waals surface area contributed by atoms with Crippen molar-refractivity contribution in [2.24, 2.45) is 0 Å². The molecule has 1 N–H and O–H groups in total. The Bertz CT molecular complexity index is 999. The number of rotatable bonds is 5. The van der Waals surface area contributed by atoms with Crippen molar-refractivity contribution in [3.05, 3.63) is 51.9 Å². The smallest absolute Gasteiger partial charge is 0.264 e. The van der Waals surface area contributed by atoms with E-state index in [9.17, 15) is 9.59 Å². The average Bonchev–Trinajstić information content (AvgIpc) is 3.43. The van der Waals surface area contributed by atoms with Crippen molar-refractivity contribution in [1.82, 2.24) is 30.4 Å². The second kappa shape index (κ2) is 8.58. The molecule has 11 heteroatoms. The van der Waals surface area contributed by atoms with Crippen molar-refractivity contribution in [3.63, 3.8) is 0 Å². The second-order valence-electron chi connectivity index (χ2n) is 6.42. The van der Waals surface area contributed by atoms with Crippen molar-refractivity contribution in [1.29, 1.82) is 0 Å². The van der Waals surface area contributed by atoms with Gasteiger partial charge in [-0.15, -0.1) is 16.4 Å². The maximum atomic E-state index is 12.5. The first-order valence-electron chi connectivity index (χ1n) is 8.99. The average molecular weight is 432 g/mol. The molecule has 3 aromatic rings. The van der Waals surface area contributed by atoms with Crippen LogP contribution in [0, 0.1) is 0 Å². The number of nitrogens with zero attached hydrogens (tertiary/aromatic N) is 6. The van der Waals surface area contributed by atoms with Crippen molar-refractivity contribution < 1.29 is 9.59 Å². The molecule has 1 aliphatic heterocycles. The number of halogens is 1. The van der Waals surface area contributed by atoms with Crippen molar-refractivity contribution in [2.75, 3.05) is 37.6 Å². The third-order valence-electron chi connectivity index (χ3n) is 4.65. The van der Waals surface area contributed by atoms with E-state index in [1.807, 2.05) is 24.3 Å². The fourth-order valence-electron chi connectivity index (χ4n) is 3.16. The number of piperazine rings is 1. The Morgan fingerprint density at radius 3 is 2.72 bits per heavy atom. The number of hydrogen-bond acceptors (Lipinski definition) is 7. The number of tetrazole rings is 1. The molecule has 0 unspecified atom stereocenters. The lowest BCUT2D eigenvalue weighted by Crippen LogP contribution is -2.51. The van der Waals surface area contributed by atoms with Crippen LogP contribution in [0.25, 0.3) is 5.69 Å². The van der Waals surface area contributed by atoms with E-state index in [1.165, 1.54) is 22.3 Å². The first-order valence-corrected chi connectivity index (χ1v) is 10.2. The van der Waals surface area contributed by atoms with E-state index in [0.717, 1.165) is 5.69 Å². The molecule has 1 aromatic carbocycles. The monoisotopic (exact) mass is 431 g/mol. The van der Waals surface area contributed by atoms with Crippen LogP contribution in [0.2, 0.25) is 5.02 Å². The fraction of sp³-hybridized carbons (Fsp3) is 0.278. The highest BCUT2D eigenvalue weighted by atomic mass is 35.5. The second-order valence-corrected chi connectivity index (χ2v) is 7.77. The Morgan fingerprint density at radius 2 is 2.00 bits per heavy atom. The fourth-order valence-corrected chi connectivity index (χ4v) is 4.14. The molecule has 3 heterocycles. The molecule has 2 aromatic heterocycles. The lowest BCUT2D eigenvalue weighted by Gasteiger charge is -2.36. The van der Waals surface area contributed by atoms with Crippen LogP contribution in [0.4, 0.5) is 5.69 Å². The number of amides is 2. The maximum absolute atomic E-state index is 12.5. The number of thiophene rings is 1. The van der Waals surface area contributed by atoms with Crippen molar-refractivity contribution >= 4 is 40.4 Å².